The lowest BCUT2D eigenvalue weighted by molar-refractivity contribution is -0.133. The summed E-state index contributed by atoms with van der Waals surface area (Å²) in [5.74, 6) is 1.79. The van der Waals surface area contributed by atoms with Gasteiger partial charge in [-0.3, -0.25) is 0 Å². The van der Waals surface area contributed by atoms with Gasteiger partial charge in [0.25, 0.3) is 0 Å². The summed E-state index contributed by atoms with van der Waals surface area (Å²) >= 11 is 0. The number of rotatable bonds is 1. The molecule has 0 bridgehead atoms. The molecule has 4 heterocycles. The fourth-order valence-electron chi connectivity index (χ4n) is 4.06. The Morgan fingerprint density at radius 3 is 3.00 bits per heavy atom. The van der Waals surface area contributed by atoms with E-state index in [1.807, 2.05) is 0 Å². The van der Waals surface area contributed by atoms with E-state index in [9.17, 15) is 4.79 Å². The Labute approximate surface area is 135 Å². The molecule has 1 aromatic heterocycles. The minimum atomic E-state index is -0.351. The van der Waals surface area contributed by atoms with Gasteiger partial charge in [-0.1, -0.05) is 6.92 Å². The number of methoxy groups -OCH3 is 1. The molecule has 0 aromatic carbocycles. The Morgan fingerprint density at radius 1 is 1.39 bits per heavy atom. The highest BCUT2D eigenvalue weighted by molar-refractivity contribution is 5.93. The molecule has 0 unspecified atom stereocenters. The van der Waals surface area contributed by atoms with Crippen molar-refractivity contribution in [2.24, 2.45) is 5.92 Å². The van der Waals surface area contributed by atoms with Crippen LogP contribution in [0, 0.1) is 5.92 Å². The second-order valence-electron chi connectivity index (χ2n) is 6.48. The largest absolute Gasteiger partial charge is 0.492 e. The van der Waals surface area contributed by atoms with Crippen LogP contribution in [0.5, 0.6) is 0 Å². The van der Waals surface area contributed by atoms with E-state index < -0.39 is 0 Å². The fourth-order valence-corrected chi connectivity index (χ4v) is 4.06. The molecule has 0 radical (unpaired) electrons. The number of allylic oxidation sites excluding steroid dienone is 1. The molecule has 1 saturated heterocycles. The van der Waals surface area contributed by atoms with Crippen LogP contribution in [0.25, 0.3) is 0 Å². The summed E-state index contributed by atoms with van der Waals surface area (Å²) in [7, 11) is 1.56. The second kappa shape index (κ2) is 5.18. The summed E-state index contributed by atoms with van der Waals surface area (Å²) in [5, 5.41) is 0. The molecule has 0 amide bonds. The standard InChI is InChI=1S/C18H21NO4/c1-10-14-12-6-4-8-19(12)9-5-7-13(14)22-16(10)17-15(21-3)11(2)18(20)23-17/h4,6,8,10,13-14H,5,7,9H2,1-3H3/b17-16-/t10-,13+,14+/m0/s1. The van der Waals surface area contributed by atoms with Gasteiger partial charge >= 0.3 is 5.97 Å². The van der Waals surface area contributed by atoms with E-state index in [-0.39, 0.29) is 23.9 Å². The minimum absolute atomic E-state index is 0.126. The maximum atomic E-state index is 11.9. The summed E-state index contributed by atoms with van der Waals surface area (Å²) in [5.41, 5.74) is 1.81. The molecular formula is C18H21NO4. The normalized spacial score (nSPS) is 33.0. The SMILES string of the molecule is COC1=C(C)C(=O)O/C1=C1\O[C@@H]2CCCn3cccc3[C@H]2[C@@H]1C. The van der Waals surface area contributed by atoms with Crippen LogP contribution >= 0.6 is 0 Å². The first kappa shape index (κ1) is 14.4. The Balaban J connectivity index is 1.78. The van der Waals surface area contributed by atoms with Crippen LogP contribution in [0.3, 0.4) is 0 Å². The number of aryl methyl sites for hydroxylation is 1. The van der Waals surface area contributed by atoms with Gasteiger partial charge in [0.1, 0.15) is 11.9 Å². The molecule has 0 saturated carbocycles. The van der Waals surface area contributed by atoms with Crippen LogP contribution in [0.15, 0.2) is 41.2 Å². The van der Waals surface area contributed by atoms with E-state index in [1.54, 1.807) is 14.0 Å². The number of hydrogen-bond donors (Lipinski definition) is 0. The van der Waals surface area contributed by atoms with Gasteiger partial charge in [-0.15, -0.1) is 0 Å². The van der Waals surface area contributed by atoms with Crippen molar-refractivity contribution in [1.82, 2.24) is 4.57 Å². The molecule has 3 aliphatic heterocycles. The highest BCUT2D eigenvalue weighted by Gasteiger charge is 2.46. The number of nitrogens with zero attached hydrogens (tertiary/aromatic N) is 1. The van der Waals surface area contributed by atoms with E-state index in [4.69, 9.17) is 14.2 Å². The number of fused-ring (bicyclic) bond motifs is 3. The highest BCUT2D eigenvalue weighted by atomic mass is 16.6. The average molecular weight is 315 g/mol. The van der Waals surface area contributed by atoms with Gasteiger partial charge in [0.05, 0.1) is 12.7 Å². The molecule has 122 valence electrons. The zero-order valence-corrected chi connectivity index (χ0v) is 13.7. The lowest BCUT2D eigenvalue weighted by Gasteiger charge is -2.17. The van der Waals surface area contributed by atoms with Crippen LogP contribution in [0.4, 0.5) is 0 Å². The van der Waals surface area contributed by atoms with Crippen LogP contribution in [0.2, 0.25) is 0 Å². The number of esters is 1. The van der Waals surface area contributed by atoms with Crippen molar-refractivity contribution in [3.05, 3.63) is 46.9 Å². The van der Waals surface area contributed by atoms with Gasteiger partial charge in [0.2, 0.25) is 5.76 Å². The Hall–Kier alpha value is -2.17. The number of aromatic nitrogens is 1. The number of carbonyl (C=O) groups is 1. The zero-order chi connectivity index (χ0) is 16.1. The Morgan fingerprint density at radius 2 is 2.22 bits per heavy atom. The predicted molar refractivity (Wildman–Crippen MR) is 83.3 cm³/mol. The molecule has 1 aromatic rings. The van der Waals surface area contributed by atoms with Crippen LogP contribution < -0.4 is 0 Å². The smallest absolute Gasteiger partial charge is 0.343 e. The van der Waals surface area contributed by atoms with Gasteiger partial charge in [0.15, 0.2) is 5.76 Å². The van der Waals surface area contributed by atoms with Gasteiger partial charge in [0, 0.05) is 30.3 Å². The molecule has 4 rings (SSSR count). The Kier molecular flexibility index (Phi) is 3.25. The molecular weight excluding hydrogens is 294 g/mol. The molecule has 0 spiro atoms. The first-order valence-corrected chi connectivity index (χ1v) is 8.15. The topological polar surface area (TPSA) is 49.7 Å². The van der Waals surface area contributed by atoms with Crippen LogP contribution in [-0.4, -0.2) is 23.8 Å². The fraction of sp³-hybridized carbons (Fsp3) is 0.500. The third-order valence-corrected chi connectivity index (χ3v) is 5.20. The predicted octanol–water partition coefficient (Wildman–Crippen LogP) is 3.09. The van der Waals surface area contributed by atoms with Crippen molar-refractivity contribution in [2.75, 3.05) is 7.11 Å². The van der Waals surface area contributed by atoms with Gasteiger partial charge in [-0.05, 0) is 31.9 Å². The number of hydrogen-bond acceptors (Lipinski definition) is 4. The first-order chi connectivity index (χ1) is 11.1. The molecule has 0 N–H and O–H groups in total. The average Bonchev–Trinajstić information content (AvgIpc) is 3.15. The van der Waals surface area contributed by atoms with Crippen LogP contribution in [-0.2, 0) is 25.5 Å². The lowest BCUT2D eigenvalue weighted by atomic mass is 9.86. The summed E-state index contributed by atoms with van der Waals surface area (Å²) in [6.07, 6.45) is 4.35. The third kappa shape index (κ3) is 2.02. The summed E-state index contributed by atoms with van der Waals surface area (Å²) in [4.78, 5) is 11.9. The van der Waals surface area contributed by atoms with Crippen molar-refractivity contribution >= 4 is 5.97 Å². The second-order valence-corrected chi connectivity index (χ2v) is 6.48. The molecule has 5 nitrogen and oxygen atoms in total. The number of ether oxygens (including phenoxy) is 3. The van der Waals surface area contributed by atoms with Crippen molar-refractivity contribution in [2.45, 2.75) is 45.3 Å². The molecule has 5 heteroatoms. The van der Waals surface area contributed by atoms with E-state index in [2.05, 4.69) is 29.8 Å². The summed E-state index contributed by atoms with van der Waals surface area (Å²) in [6, 6.07) is 4.27. The quantitative estimate of drug-likeness (QED) is 0.747. The molecule has 23 heavy (non-hydrogen) atoms. The maximum Gasteiger partial charge on any atom is 0.343 e. The number of cyclic esters (lactones) is 1. The van der Waals surface area contributed by atoms with Crippen molar-refractivity contribution in [1.29, 1.82) is 0 Å². The molecule has 1 fully saturated rings. The van der Waals surface area contributed by atoms with E-state index in [0.29, 0.717) is 17.1 Å². The van der Waals surface area contributed by atoms with Crippen molar-refractivity contribution in [3.8, 4) is 0 Å². The molecule has 0 aliphatic carbocycles. The van der Waals surface area contributed by atoms with E-state index in [1.165, 1.54) is 5.69 Å². The first-order valence-electron chi connectivity index (χ1n) is 8.15. The zero-order valence-electron chi connectivity index (χ0n) is 13.7. The monoisotopic (exact) mass is 315 g/mol. The summed E-state index contributed by atoms with van der Waals surface area (Å²) < 4.78 is 19.4. The highest BCUT2D eigenvalue weighted by Crippen LogP contribution is 2.48. The van der Waals surface area contributed by atoms with Gasteiger partial charge in [-0.2, -0.15) is 0 Å². The Bertz CT molecular complexity index is 727. The van der Waals surface area contributed by atoms with E-state index >= 15 is 0 Å². The van der Waals surface area contributed by atoms with Crippen LogP contribution in [0.1, 0.15) is 38.3 Å². The van der Waals surface area contributed by atoms with Gasteiger partial charge in [-0.25, -0.2) is 4.79 Å². The van der Waals surface area contributed by atoms with Gasteiger partial charge < -0.3 is 18.8 Å². The molecule has 3 atom stereocenters. The van der Waals surface area contributed by atoms with Crippen molar-refractivity contribution in [3.63, 3.8) is 0 Å². The van der Waals surface area contributed by atoms with Crippen molar-refractivity contribution < 1.29 is 19.0 Å². The summed E-state index contributed by atoms with van der Waals surface area (Å²) in [6.45, 7) is 4.90. The number of carbonyl (C=O) groups excluding carboxylic acids is 1. The lowest BCUT2D eigenvalue weighted by Crippen LogP contribution is -2.17. The molecule has 3 aliphatic rings. The maximum absolute atomic E-state index is 11.9. The minimum Gasteiger partial charge on any atom is -0.492 e. The third-order valence-electron chi connectivity index (χ3n) is 5.20. The van der Waals surface area contributed by atoms with E-state index in [0.717, 1.165) is 25.1 Å².